The van der Waals surface area contributed by atoms with Gasteiger partial charge >= 0.3 is 5.97 Å². The molecule has 0 spiro atoms. The minimum absolute atomic E-state index is 0.0655. The molecular weight excluding hydrogens is 366 g/mol. The molecule has 1 atom stereocenters. The quantitative estimate of drug-likeness (QED) is 0.685. The van der Waals surface area contributed by atoms with E-state index in [2.05, 4.69) is 5.32 Å². The topological polar surface area (TPSA) is 101 Å². The zero-order valence-electron chi connectivity index (χ0n) is 15.0. The first-order chi connectivity index (χ1) is 12.8. The van der Waals surface area contributed by atoms with Gasteiger partial charge in [0.05, 0.1) is 11.7 Å². The van der Waals surface area contributed by atoms with Gasteiger partial charge in [-0.15, -0.1) is 0 Å². The number of sulfone groups is 1. The molecule has 1 unspecified atom stereocenters. The van der Waals surface area contributed by atoms with Gasteiger partial charge in [0.2, 0.25) is 5.91 Å². The highest BCUT2D eigenvalue weighted by Gasteiger charge is 2.28. The van der Waals surface area contributed by atoms with Gasteiger partial charge in [-0.05, 0) is 17.5 Å². The summed E-state index contributed by atoms with van der Waals surface area (Å²) < 4.78 is 23.4. The van der Waals surface area contributed by atoms with Crippen LogP contribution in [0.15, 0.2) is 60.7 Å². The molecule has 7 heteroatoms. The van der Waals surface area contributed by atoms with Gasteiger partial charge in [0, 0.05) is 5.75 Å². The predicted molar refractivity (Wildman–Crippen MR) is 103 cm³/mol. The average molecular weight is 389 g/mol. The van der Waals surface area contributed by atoms with Crippen molar-refractivity contribution in [1.29, 1.82) is 0 Å². The van der Waals surface area contributed by atoms with E-state index in [1.807, 2.05) is 12.1 Å². The standard InChI is InChI=1S/C20H23NO5S/c1-2-27(25,26)14-13-17(20(23)24)21-19(22)18(15-9-5-3-6-10-15)16-11-7-4-8-12-16/h3-12,17-18H,2,13-14H2,1H3,(H,21,22)(H,23,24). The van der Waals surface area contributed by atoms with Crippen molar-refractivity contribution in [3.05, 3.63) is 71.8 Å². The van der Waals surface area contributed by atoms with Crippen molar-refractivity contribution in [2.45, 2.75) is 25.3 Å². The molecule has 0 aromatic heterocycles. The Morgan fingerprint density at radius 3 is 1.85 bits per heavy atom. The monoisotopic (exact) mass is 389 g/mol. The van der Waals surface area contributed by atoms with E-state index in [0.717, 1.165) is 11.1 Å². The Bertz CT molecular complexity index is 826. The Hall–Kier alpha value is -2.67. The van der Waals surface area contributed by atoms with Crippen molar-refractivity contribution in [1.82, 2.24) is 5.32 Å². The van der Waals surface area contributed by atoms with Gasteiger partial charge in [0.15, 0.2) is 0 Å². The van der Waals surface area contributed by atoms with Crippen molar-refractivity contribution in [3.63, 3.8) is 0 Å². The molecule has 0 saturated carbocycles. The van der Waals surface area contributed by atoms with Crippen molar-refractivity contribution >= 4 is 21.7 Å². The fourth-order valence-electron chi connectivity index (χ4n) is 2.74. The third kappa shape index (κ3) is 5.92. The third-order valence-corrected chi connectivity index (χ3v) is 6.04. The van der Waals surface area contributed by atoms with E-state index >= 15 is 0 Å². The smallest absolute Gasteiger partial charge is 0.326 e. The molecule has 144 valence electrons. The molecule has 2 rings (SSSR count). The molecule has 2 aromatic rings. The van der Waals surface area contributed by atoms with Gasteiger partial charge in [-0.2, -0.15) is 0 Å². The minimum Gasteiger partial charge on any atom is -0.480 e. The first kappa shape index (κ1) is 20.6. The number of nitrogens with one attached hydrogen (secondary N) is 1. The highest BCUT2D eigenvalue weighted by Crippen LogP contribution is 2.25. The van der Waals surface area contributed by atoms with Crippen LogP contribution in [-0.4, -0.2) is 42.9 Å². The number of carboxylic acid groups (broad SMARTS) is 1. The molecule has 0 saturated heterocycles. The summed E-state index contributed by atoms with van der Waals surface area (Å²) in [5, 5.41) is 11.9. The summed E-state index contributed by atoms with van der Waals surface area (Å²) in [4.78, 5) is 24.5. The minimum atomic E-state index is -3.32. The molecule has 1 amide bonds. The van der Waals surface area contributed by atoms with E-state index in [1.165, 1.54) is 6.92 Å². The Morgan fingerprint density at radius 1 is 0.963 bits per heavy atom. The van der Waals surface area contributed by atoms with Crippen LogP contribution in [0.4, 0.5) is 0 Å². The first-order valence-electron chi connectivity index (χ1n) is 8.67. The van der Waals surface area contributed by atoms with E-state index in [4.69, 9.17) is 0 Å². The molecule has 0 fully saturated rings. The van der Waals surface area contributed by atoms with E-state index in [9.17, 15) is 23.1 Å². The summed E-state index contributed by atoms with van der Waals surface area (Å²) >= 11 is 0. The van der Waals surface area contributed by atoms with Crippen LogP contribution in [0.25, 0.3) is 0 Å². The van der Waals surface area contributed by atoms with Gasteiger partial charge in [0.1, 0.15) is 15.9 Å². The molecule has 2 N–H and O–H groups in total. The lowest BCUT2D eigenvalue weighted by atomic mass is 9.90. The van der Waals surface area contributed by atoms with E-state index in [0.29, 0.717) is 0 Å². The second-order valence-electron chi connectivity index (χ2n) is 6.18. The van der Waals surface area contributed by atoms with Crippen LogP contribution in [0.5, 0.6) is 0 Å². The summed E-state index contributed by atoms with van der Waals surface area (Å²) in [6, 6.07) is 16.8. The fraction of sp³-hybridized carbons (Fsp3) is 0.300. The van der Waals surface area contributed by atoms with Crippen LogP contribution < -0.4 is 5.32 Å². The number of benzene rings is 2. The van der Waals surface area contributed by atoms with Crippen LogP contribution in [0.3, 0.4) is 0 Å². The second-order valence-corrected chi connectivity index (χ2v) is 8.65. The number of carbonyl (C=O) groups is 2. The molecule has 6 nitrogen and oxygen atoms in total. The fourth-order valence-corrected chi connectivity index (χ4v) is 3.62. The largest absolute Gasteiger partial charge is 0.480 e. The first-order valence-corrected chi connectivity index (χ1v) is 10.5. The Labute approximate surface area is 159 Å². The predicted octanol–water partition coefficient (Wildman–Crippen LogP) is 2.21. The molecule has 0 aliphatic heterocycles. The molecule has 0 aliphatic rings. The number of carboxylic acids is 1. The lowest BCUT2D eigenvalue weighted by Crippen LogP contribution is -2.44. The zero-order valence-corrected chi connectivity index (χ0v) is 15.9. The highest BCUT2D eigenvalue weighted by atomic mass is 32.2. The zero-order chi connectivity index (χ0) is 19.9. The van der Waals surface area contributed by atoms with Crippen LogP contribution in [0.2, 0.25) is 0 Å². The van der Waals surface area contributed by atoms with Crippen LogP contribution in [0, 0.1) is 0 Å². The Morgan fingerprint density at radius 2 is 1.44 bits per heavy atom. The number of amides is 1. The lowest BCUT2D eigenvalue weighted by Gasteiger charge is -2.21. The Balaban J connectivity index is 2.25. The van der Waals surface area contributed by atoms with E-state index < -0.39 is 33.7 Å². The highest BCUT2D eigenvalue weighted by molar-refractivity contribution is 7.91. The van der Waals surface area contributed by atoms with Crippen LogP contribution in [0.1, 0.15) is 30.4 Å². The maximum atomic E-state index is 12.9. The summed E-state index contributed by atoms with van der Waals surface area (Å²) in [6.07, 6.45) is -0.173. The lowest BCUT2D eigenvalue weighted by molar-refractivity contribution is -0.141. The molecule has 0 radical (unpaired) electrons. The molecule has 27 heavy (non-hydrogen) atoms. The van der Waals surface area contributed by atoms with Crippen molar-refractivity contribution in [3.8, 4) is 0 Å². The summed E-state index contributed by atoms with van der Waals surface area (Å²) in [7, 11) is -3.32. The van der Waals surface area contributed by atoms with Crippen molar-refractivity contribution < 1.29 is 23.1 Å². The second kappa shape index (κ2) is 9.32. The molecule has 0 bridgehead atoms. The van der Waals surface area contributed by atoms with Crippen molar-refractivity contribution in [2.24, 2.45) is 0 Å². The summed E-state index contributed by atoms with van der Waals surface area (Å²) in [5.74, 6) is -2.77. The number of hydrogen-bond acceptors (Lipinski definition) is 4. The third-order valence-electron chi connectivity index (χ3n) is 4.30. The number of aliphatic carboxylic acids is 1. The van der Waals surface area contributed by atoms with Crippen LogP contribution >= 0.6 is 0 Å². The molecule has 2 aromatic carbocycles. The summed E-state index contributed by atoms with van der Waals surface area (Å²) in [5.41, 5.74) is 1.46. The SMILES string of the molecule is CCS(=O)(=O)CCC(NC(=O)C(c1ccccc1)c1ccccc1)C(=O)O. The van der Waals surface area contributed by atoms with Gasteiger partial charge in [-0.25, -0.2) is 13.2 Å². The summed E-state index contributed by atoms with van der Waals surface area (Å²) in [6.45, 7) is 1.50. The van der Waals surface area contributed by atoms with Gasteiger partial charge < -0.3 is 10.4 Å². The Kier molecular flexibility index (Phi) is 7.12. The maximum Gasteiger partial charge on any atom is 0.326 e. The average Bonchev–Trinajstić information content (AvgIpc) is 2.67. The number of rotatable bonds is 9. The molecule has 0 heterocycles. The number of carbonyl (C=O) groups excluding carboxylic acids is 1. The van der Waals surface area contributed by atoms with E-state index in [1.54, 1.807) is 48.5 Å². The van der Waals surface area contributed by atoms with Crippen LogP contribution in [-0.2, 0) is 19.4 Å². The molecular formula is C20H23NO5S. The van der Waals surface area contributed by atoms with Gasteiger partial charge in [0.25, 0.3) is 0 Å². The van der Waals surface area contributed by atoms with Gasteiger partial charge in [-0.1, -0.05) is 67.6 Å². The normalized spacial score (nSPS) is 12.5. The number of hydrogen-bond donors (Lipinski definition) is 2. The maximum absolute atomic E-state index is 12.9. The van der Waals surface area contributed by atoms with E-state index in [-0.39, 0.29) is 17.9 Å². The van der Waals surface area contributed by atoms with Gasteiger partial charge in [-0.3, -0.25) is 4.79 Å². The molecule has 0 aliphatic carbocycles. The van der Waals surface area contributed by atoms with Crippen molar-refractivity contribution in [2.75, 3.05) is 11.5 Å².